The molecule has 0 unspecified atom stereocenters. The van der Waals surface area contributed by atoms with Crippen molar-refractivity contribution in [2.24, 2.45) is 5.92 Å². The van der Waals surface area contributed by atoms with E-state index in [0.29, 0.717) is 5.92 Å². The van der Waals surface area contributed by atoms with Crippen LogP contribution in [0, 0.1) is 5.92 Å². The Bertz CT molecular complexity index is 558. The Labute approximate surface area is 137 Å². The van der Waals surface area contributed by atoms with E-state index in [1.807, 2.05) is 12.1 Å². The van der Waals surface area contributed by atoms with Gasteiger partial charge < -0.3 is 15.8 Å². The van der Waals surface area contributed by atoms with Gasteiger partial charge in [0.15, 0.2) is 0 Å². The number of carbonyl (C=O) groups is 2. The molecule has 1 aromatic carbocycles. The zero-order chi connectivity index (χ0) is 17.0. The molecule has 1 saturated carbocycles. The zero-order valence-electron chi connectivity index (χ0n) is 14.1. The summed E-state index contributed by atoms with van der Waals surface area (Å²) >= 11 is 0. The highest BCUT2D eigenvalue weighted by atomic mass is 16.5. The van der Waals surface area contributed by atoms with Crippen molar-refractivity contribution in [3.05, 3.63) is 29.8 Å². The van der Waals surface area contributed by atoms with Crippen LogP contribution in [0.2, 0.25) is 0 Å². The van der Waals surface area contributed by atoms with E-state index in [4.69, 9.17) is 10.5 Å². The Kier molecular flexibility index (Phi) is 5.29. The van der Waals surface area contributed by atoms with Crippen molar-refractivity contribution in [1.29, 1.82) is 0 Å². The summed E-state index contributed by atoms with van der Waals surface area (Å²) < 4.78 is 4.72. The first-order chi connectivity index (χ1) is 10.8. The minimum absolute atomic E-state index is 0.0380. The van der Waals surface area contributed by atoms with Crippen LogP contribution < -0.4 is 11.1 Å². The number of methoxy groups -OCH3 is 1. The Hall–Kier alpha value is -2.04. The first-order valence-electron chi connectivity index (χ1n) is 8.09. The van der Waals surface area contributed by atoms with Crippen LogP contribution in [0.1, 0.15) is 51.0 Å². The van der Waals surface area contributed by atoms with Crippen LogP contribution in [0.5, 0.6) is 0 Å². The van der Waals surface area contributed by atoms with E-state index in [-0.39, 0.29) is 11.8 Å². The SMILES string of the molecule is COC(=O)C(C)(C)NC(=O)C1CCC(c2ccc(N)cc2)CC1. The molecule has 0 spiro atoms. The van der Waals surface area contributed by atoms with Crippen molar-refractivity contribution in [2.75, 3.05) is 12.8 Å². The Morgan fingerprint density at radius 3 is 2.22 bits per heavy atom. The topological polar surface area (TPSA) is 81.4 Å². The van der Waals surface area contributed by atoms with Crippen molar-refractivity contribution in [3.63, 3.8) is 0 Å². The predicted octanol–water partition coefficient (Wildman–Crippen LogP) is 2.61. The number of nitrogens with two attached hydrogens (primary N) is 1. The summed E-state index contributed by atoms with van der Waals surface area (Å²) in [5, 5.41) is 2.81. The summed E-state index contributed by atoms with van der Waals surface area (Å²) in [4.78, 5) is 24.1. The predicted molar refractivity (Wildman–Crippen MR) is 89.8 cm³/mol. The maximum absolute atomic E-state index is 12.4. The second-order valence-electron chi connectivity index (χ2n) is 6.82. The molecule has 0 atom stereocenters. The van der Waals surface area contributed by atoms with Crippen LogP contribution >= 0.6 is 0 Å². The molecule has 126 valence electrons. The van der Waals surface area contributed by atoms with E-state index in [0.717, 1.165) is 31.4 Å². The summed E-state index contributed by atoms with van der Waals surface area (Å²) in [5.74, 6) is -0.0465. The van der Waals surface area contributed by atoms with Crippen molar-refractivity contribution < 1.29 is 14.3 Å². The van der Waals surface area contributed by atoms with Gasteiger partial charge in [-0.3, -0.25) is 4.79 Å². The number of carbonyl (C=O) groups excluding carboxylic acids is 2. The van der Waals surface area contributed by atoms with E-state index in [1.165, 1.54) is 12.7 Å². The van der Waals surface area contributed by atoms with Crippen LogP contribution in [-0.4, -0.2) is 24.5 Å². The third kappa shape index (κ3) is 4.24. The molecule has 5 heteroatoms. The second kappa shape index (κ2) is 7.02. The fourth-order valence-corrected chi connectivity index (χ4v) is 3.17. The number of hydrogen-bond acceptors (Lipinski definition) is 4. The van der Waals surface area contributed by atoms with Gasteiger partial charge in [0.2, 0.25) is 5.91 Å². The molecule has 0 aliphatic heterocycles. The average Bonchev–Trinajstić information content (AvgIpc) is 2.54. The highest BCUT2D eigenvalue weighted by Crippen LogP contribution is 2.36. The molecule has 0 aromatic heterocycles. The molecule has 0 saturated heterocycles. The minimum atomic E-state index is -0.986. The van der Waals surface area contributed by atoms with Crippen LogP contribution in [0.3, 0.4) is 0 Å². The van der Waals surface area contributed by atoms with E-state index in [9.17, 15) is 9.59 Å². The largest absolute Gasteiger partial charge is 0.467 e. The molecule has 1 fully saturated rings. The molecule has 1 amide bonds. The number of nitrogens with one attached hydrogen (secondary N) is 1. The fourth-order valence-electron chi connectivity index (χ4n) is 3.17. The van der Waals surface area contributed by atoms with Crippen molar-refractivity contribution >= 4 is 17.6 Å². The second-order valence-corrected chi connectivity index (χ2v) is 6.82. The standard InChI is InChI=1S/C18H26N2O3/c1-18(2,17(22)23-3)20-16(21)14-6-4-12(5-7-14)13-8-10-15(19)11-9-13/h8-12,14H,4-7,19H2,1-3H3,(H,20,21). The Balaban J connectivity index is 1.90. The van der Waals surface area contributed by atoms with Gasteiger partial charge in [-0.15, -0.1) is 0 Å². The molecule has 0 heterocycles. The first kappa shape index (κ1) is 17.3. The van der Waals surface area contributed by atoms with Crippen molar-refractivity contribution in [3.8, 4) is 0 Å². The lowest BCUT2D eigenvalue weighted by Gasteiger charge is -2.31. The highest BCUT2D eigenvalue weighted by molar-refractivity contribution is 5.88. The fraction of sp³-hybridized carbons (Fsp3) is 0.556. The molecule has 2 rings (SSSR count). The summed E-state index contributed by atoms with van der Waals surface area (Å²) in [6.07, 6.45) is 3.61. The lowest BCUT2D eigenvalue weighted by Crippen LogP contribution is -2.52. The molecule has 23 heavy (non-hydrogen) atoms. The molecule has 0 radical (unpaired) electrons. The Morgan fingerprint density at radius 1 is 1.13 bits per heavy atom. The maximum Gasteiger partial charge on any atom is 0.330 e. The maximum atomic E-state index is 12.4. The normalized spacial score (nSPS) is 21.5. The van der Waals surface area contributed by atoms with Gasteiger partial charge in [0.05, 0.1) is 7.11 Å². The number of amides is 1. The van der Waals surface area contributed by atoms with Gasteiger partial charge in [0.1, 0.15) is 5.54 Å². The summed E-state index contributed by atoms with van der Waals surface area (Å²) in [5.41, 5.74) is 6.79. The monoisotopic (exact) mass is 318 g/mol. The number of hydrogen-bond donors (Lipinski definition) is 2. The van der Waals surface area contributed by atoms with Gasteiger partial charge in [0, 0.05) is 11.6 Å². The van der Waals surface area contributed by atoms with Gasteiger partial charge in [-0.1, -0.05) is 12.1 Å². The average molecular weight is 318 g/mol. The third-order valence-corrected chi connectivity index (χ3v) is 4.64. The van der Waals surface area contributed by atoms with Crippen molar-refractivity contribution in [1.82, 2.24) is 5.32 Å². The third-order valence-electron chi connectivity index (χ3n) is 4.64. The number of ether oxygens (including phenoxy) is 1. The molecule has 0 bridgehead atoms. The molecule has 3 N–H and O–H groups in total. The summed E-state index contributed by atoms with van der Waals surface area (Å²) in [6.45, 7) is 3.33. The van der Waals surface area contributed by atoms with Gasteiger partial charge in [0.25, 0.3) is 0 Å². The quantitative estimate of drug-likeness (QED) is 0.660. The van der Waals surface area contributed by atoms with E-state index in [2.05, 4.69) is 17.4 Å². The number of anilines is 1. The van der Waals surface area contributed by atoms with E-state index >= 15 is 0 Å². The Morgan fingerprint density at radius 2 is 1.70 bits per heavy atom. The number of esters is 1. The molecular formula is C18H26N2O3. The summed E-state index contributed by atoms with van der Waals surface area (Å²) in [7, 11) is 1.33. The molecule has 1 aromatic rings. The van der Waals surface area contributed by atoms with Crippen LogP contribution in [0.15, 0.2) is 24.3 Å². The highest BCUT2D eigenvalue weighted by Gasteiger charge is 2.34. The van der Waals surface area contributed by atoms with E-state index < -0.39 is 11.5 Å². The zero-order valence-corrected chi connectivity index (χ0v) is 14.1. The van der Waals surface area contributed by atoms with Crippen LogP contribution in [-0.2, 0) is 14.3 Å². The van der Waals surface area contributed by atoms with E-state index in [1.54, 1.807) is 13.8 Å². The minimum Gasteiger partial charge on any atom is -0.467 e. The molecule has 1 aliphatic carbocycles. The molecule has 5 nitrogen and oxygen atoms in total. The number of nitrogen functional groups attached to an aromatic ring is 1. The van der Waals surface area contributed by atoms with Gasteiger partial charge in [-0.2, -0.15) is 0 Å². The lowest BCUT2D eigenvalue weighted by molar-refractivity contribution is -0.150. The van der Waals surface area contributed by atoms with Crippen LogP contribution in [0.4, 0.5) is 5.69 Å². The number of benzene rings is 1. The van der Waals surface area contributed by atoms with Gasteiger partial charge >= 0.3 is 5.97 Å². The van der Waals surface area contributed by atoms with Gasteiger partial charge in [-0.05, 0) is 63.1 Å². The molecule has 1 aliphatic rings. The first-order valence-corrected chi connectivity index (χ1v) is 8.09. The van der Waals surface area contributed by atoms with Crippen LogP contribution in [0.25, 0.3) is 0 Å². The summed E-state index contributed by atoms with van der Waals surface area (Å²) in [6, 6.07) is 7.99. The number of rotatable bonds is 4. The molecular weight excluding hydrogens is 292 g/mol. The smallest absolute Gasteiger partial charge is 0.330 e. The van der Waals surface area contributed by atoms with Gasteiger partial charge in [-0.25, -0.2) is 4.79 Å². The van der Waals surface area contributed by atoms with Crippen molar-refractivity contribution in [2.45, 2.75) is 51.0 Å². The lowest BCUT2D eigenvalue weighted by atomic mass is 9.78.